The molecule has 4 nitrogen and oxygen atoms in total. The monoisotopic (exact) mass is 318 g/mol. The Bertz CT molecular complexity index is 770. The van der Waals surface area contributed by atoms with Crippen molar-refractivity contribution in [2.45, 2.75) is 0 Å². The minimum absolute atomic E-state index is 0.801. The molecule has 0 radical (unpaired) electrons. The number of anilines is 1. The molecule has 0 unspecified atom stereocenters. The van der Waals surface area contributed by atoms with Crippen molar-refractivity contribution in [2.75, 3.05) is 32.5 Å². The Labute approximate surface area is 143 Å². The molecule has 1 heterocycles. The van der Waals surface area contributed by atoms with Crippen LogP contribution in [0.15, 0.2) is 66.9 Å². The van der Waals surface area contributed by atoms with Gasteiger partial charge in [-0.05, 0) is 14.1 Å². The maximum atomic E-state index is 4.82. The van der Waals surface area contributed by atoms with Gasteiger partial charge in [-0.1, -0.05) is 60.7 Å². The molecular weight excluding hydrogens is 296 g/mol. The summed E-state index contributed by atoms with van der Waals surface area (Å²) in [5.41, 5.74) is 3.94. The second kappa shape index (κ2) is 7.70. The Morgan fingerprint density at radius 1 is 0.833 bits per heavy atom. The number of hydrogen-bond acceptors (Lipinski definition) is 4. The van der Waals surface area contributed by atoms with Crippen molar-refractivity contribution < 1.29 is 0 Å². The summed E-state index contributed by atoms with van der Waals surface area (Å²) in [5, 5.41) is 3.35. The highest BCUT2D eigenvalue weighted by molar-refractivity contribution is 5.78. The smallest absolute Gasteiger partial charge is 0.145 e. The fraction of sp³-hybridized carbons (Fsp3) is 0.200. The lowest BCUT2D eigenvalue weighted by molar-refractivity contribution is 0.425. The summed E-state index contributed by atoms with van der Waals surface area (Å²) < 4.78 is 0. The predicted molar refractivity (Wildman–Crippen MR) is 99.9 cm³/mol. The van der Waals surface area contributed by atoms with Crippen LogP contribution in [-0.2, 0) is 0 Å². The topological polar surface area (TPSA) is 41.0 Å². The second-order valence-corrected chi connectivity index (χ2v) is 5.91. The molecule has 24 heavy (non-hydrogen) atoms. The Morgan fingerprint density at radius 3 is 2.00 bits per heavy atom. The van der Waals surface area contributed by atoms with Gasteiger partial charge in [0.15, 0.2) is 0 Å². The molecule has 1 N–H and O–H groups in total. The average molecular weight is 318 g/mol. The van der Waals surface area contributed by atoms with Crippen molar-refractivity contribution in [3.63, 3.8) is 0 Å². The van der Waals surface area contributed by atoms with E-state index in [1.165, 1.54) is 0 Å². The molecule has 0 spiro atoms. The van der Waals surface area contributed by atoms with E-state index in [4.69, 9.17) is 4.98 Å². The Balaban J connectivity index is 1.97. The molecular formula is C20H22N4. The van der Waals surface area contributed by atoms with Crippen LogP contribution in [0.1, 0.15) is 0 Å². The van der Waals surface area contributed by atoms with Gasteiger partial charge in [0.1, 0.15) is 5.82 Å². The van der Waals surface area contributed by atoms with Gasteiger partial charge in [-0.25, -0.2) is 4.98 Å². The van der Waals surface area contributed by atoms with Crippen LogP contribution < -0.4 is 5.32 Å². The normalized spacial score (nSPS) is 10.8. The third kappa shape index (κ3) is 3.97. The van der Waals surface area contributed by atoms with Crippen molar-refractivity contribution in [1.82, 2.24) is 14.9 Å². The van der Waals surface area contributed by atoms with E-state index in [-0.39, 0.29) is 0 Å². The number of likely N-dealkylation sites (N-methyl/N-ethyl adjacent to an activating group) is 1. The van der Waals surface area contributed by atoms with Crippen molar-refractivity contribution in [1.29, 1.82) is 0 Å². The first kappa shape index (κ1) is 16.1. The number of nitrogens with one attached hydrogen (secondary N) is 1. The van der Waals surface area contributed by atoms with Crippen molar-refractivity contribution in [3.05, 3.63) is 66.9 Å². The van der Waals surface area contributed by atoms with Crippen LogP contribution in [0.2, 0.25) is 0 Å². The molecule has 0 bridgehead atoms. The molecule has 122 valence electrons. The first-order valence-corrected chi connectivity index (χ1v) is 8.10. The highest BCUT2D eigenvalue weighted by Gasteiger charge is 2.11. The number of hydrogen-bond donors (Lipinski definition) is 1. The van der Waals surface area contributed by atoms with Gasteiger partial charge < -0.3 is 10.2 Å². The van der Waals surface area contributed by atoms with Gasteiger partial charge in [-0.2, -0.15) is 0 Å². The third-order valence-electron chi connectivity index (χ3n) is 3.73. The summed E-state index contributed by atoms with van der Waals surface area (Å²) in [6.45, 7) is 1.78. The lowest BCUT2D eigenvalue weighted by Crippen LogP contribution is -2.21. The molecule has 0 aliphatic rings. The molecule has 0 saturated carbocycles. The maximum Gasteiger partial charge on any atom is 0.145 e. The van der Waals surface area contributed by atoms with E-state index in [2.05, 4.69) is 53.6 Å². The summed E-state index contributed by atoms with van der Waals surface area (Å²) in [5.74, 6) is 0.801. The van der Waals surface area contributed by atoms with E-state index in [0.29, 0.717) is 0 Å². The number of aromatic nitrogens is 2. The summed E-state index contributed by atoms with van der Waals surface area (Å²) >= 11 is 0. The predicted octanol–water partition coefficient (Wildman–Crippen LogP) is 3.78. The van der Waals surface area contributed by atoms with E-state index in [9.17, 15) is 0 Å². The van der Waals surface area contributed by atoms with Gasteiger partial charge in [0.25, 0.3) is 0 Å². The van der Waals surface area contributed by atoms with Gasteiger partial charge in [0.05, 0.1) is 17.6 Å². The zero-order valence-corrected chi connectivity index (χ0v) is 14.1. The minimum Gasteiger partial charge on any atom is -0.367 e. The zero-order chi connectivity index (χ0) is 16.8. The van der Waals surface area contributed by atoms with Crippen molar-refractivity contribution >= 4 is 5.82 Å². The van der Waals surface area contributed by atoms with Crippen molar-refractivity contribution in [2.24, 2.45) is 0 Å². The summed E-state index contributed by atoms with van der Waals surface area (Å²) in [6, 6.07) is 20.4. The molecule has 0 saturated heterocycles. The molecule has 0 aliphatic carbocycles. The number of nitrogens with zero attached hydrogens (tertiary/aromatic N) is 3. The van der Waals surface area contributed by atoms with Gasteiger partial charge in [0.2, 0.25) is 0 Å². The maximum absolute atomic E-state index is 4.82. The average Bonchev–Trinajstić information content (AvgIpc) is 2.63. The van der Waals surface area contributed by atoms with Gasteiger partial charge in [-0.3, -0.25) is 4.98 Å². The standard InChI is InChI=1S/C20H22N4/c1-24(2)14-13-21-18-15-22-19(16-9-5-3-6-10-16)20(23-18)17-11-7-4-8-12-17/h3-12,15H,13-14H2,1-2H3,(H,21,23). The van der Waals surface area contributed by atoms with Crippen LogP contribution in [0.3, 0.4) is 0 Å². The Kier molecular flexibility index (Phi) is 5.18. The third-order valence-corrected chi connectivity index (χ3v) is 3.73. The second-order valence-electron chi connectivity index (χ2n) is 5.91. The summed E-state index contributed by atoms with van der Waals surface area (Å²) in [6.07, 6.45) is 1.81. The van der Waals surface area contributed by atoms with Crippen LogP contribution in [-0.4, -0.2) is 42.1 Å². The Morgan fingerprint density at radius 2 is 1.42 bits per heavy atom. The molecule has 4 heteroatoms. The van der Waals surface area contributed by atoms with Gasteiger partial charge >= 0.3 is 0 Å². The molecule has 0 atom stereocenters. The molecule has 3 rings (SSSR count). The highest BCUT2D eigenvalue weighted by Crippen LogP contribution is 2.29. The van der Waals surface area contributed by atoms with Crippen LogP contribution in [0.5, 0.6) is 0 Å². The first-order chi connectivity index (χ1) is 11.7. The summed E-state index contributed by atoms with van der Waals surface area (Å²) in [4.78, 5) is 11.6. The highest BCUT2D eigenvalue weighted by atomic mass is 15.1. The minimum atomic E-state index is 0.801. The van der Waals surface area contributed by atoms with Crippen LogP contribution >= 0.6 is 0 Å². The van der Waals surface area contributed by atoms with Crippen LogP contribution in [0.25, 0.3) is 22.5 Å². The molecule has 3 aromatic rings. The number of rotatable bonds is 6. The quantitative estimate of drug-likeness (QED) is 0.751. The van der Waals surface area contributed by atoms with Crippen molar-refractivity contribution in [3.8, 4) is 22.5 Å². The fourth-order valence-electron chi connectivity index (χ4n) is 2.49. The zero-order valence-electron chi connectivity index (χ0n) is 14.1. The van der Waals surface area contributed by atoms with E-state index in [0.717, 1.165) is 41.4 Å². The van der Waals surface area contributed by atoms with Crippen LogP contribution in [0, 0.1) is 0 Å². The molecule has 0 amide bonds. The van der Waals surface area contributed by atoms with E-state index in [1.807, 2.05) is 42.6 Å². The largest absolute Gasteiger partial charge is 0.367 e. The van der Waals surface area contributed by atoms with E-state index >= 15 is 0 Å². The number of benzene rings is 2. The lowest BCUT2D eigenvalue weighted by Gasteiger charge is -2.13. The fourth-order valence-corrected chi connectivity index (χ4v) is 2.49. The molecule has 2 aromatic carbocycles. The SMILES string of the molecule is CN(C)CCNc1cnc(-c2ccccc2)c(-c2ccccc2)n1. The van der Waals surface area contributed by atoms with Gasteiger partial charge in [-0.15, -0.1) is 0 Å². The first-order valence-electron chi connectivity index (χ1n) is 8.10. The molecule has 0 fully saturated rings. The van der Waals surface area contributed by atoms with E-state index in [1.54, 1.807) is 0 Å². The Hall–Kier alpha value is -2.72. The van der Waals surface area contributed by atoms with E-state index < -0.39 is 0 Å². The molecule has 0 aliphatic heterocycles. The lowest BCUT2D eigenvalue weighted by atomic mass is 10.0. The summed E-state index contributed by atoms with van der Waals surface area (Å²) in [7, 11) is 4.11. The van der Waals surface area contributed by atoms with Crippen LogP contribution in [0.4, 0.5) is 5.82 Å². The van der Waals surface area contributed by atoms with Gasteiger partial charge in [0, 0.05) is 24.2 Å². The molecule has 1 aromatic heterocycles.